The van der Waals surface area contributed by atoms with Crippen molar-refractivity contribution in [3.63, 3.8) is 0 Å². The summed E-state index contributed by atoms with van der Waals surface area (Å²) in [6.07, 6.45) is 5.59. The minimum atomic E-state index is -0.0780. The Morgan fingerprint density at radius 2 is 1.81 bits per heavy atom. The van der Waals surface area contributed by atoms with Crippen LogP contribution in [0.3, 0.4) is 0 Å². The largest absolute Gasteiger partial charge is 0.372 e. The van der Waals surface area contributed by atoms with Gasteiger partial charge in [0, 0.05) is 6.54 Å². The van der Waals surface area contributed by atoms with Crippen molar-refractivity contribution >= 4 is 17.3 Å². The first-order valence-electron chi connectivity index (χ1n) is 8.27. The zero-order chi connectivity index (χ0) is 15.4. The molecule has 0 aromatic heterocycles. The van der Waals surface area contributed by atoms with Crippen molar-refractivity contribution in [1.29, 1.82) is 0 Å². The van der Waals surface area contributed by atoms with Gasteiger partial charge in [-0.25, -0.2) is 0 Å². The average molecular weight is 288 g/mol. The third-order valence-corrected chi connectivity index (χ3v) is 4.44. The monoisotopic (exact) mass is 288 g/mol. The molecule has 0 spiro atoms. The van der Waals surface area contributed by atoms with Gasteiger partial charge < -0.3 is 10.2 Å². The van der Waals surface area contributed by atoms with Gasteiger partial charge in [0.15, 0.2) is 0 Å². The first kappa shape index (κ1) is 15.9. The summed E-state index contributed by atoms with van der Waals surface area (Å²) in [5.41, 5.74) is 4.69. The van der Waals surface area contributed by atoms with Gasteiger partial charge in [-0.3, -0.25) is 4.79 Å². The first-order chi connectivity index (χ1) is 10.1. The van der Waals surface area contributed by atoms with Crippen molar-refractivity contribution in [2.75, 3.05) is 16.8 Å². The van der Waals surface area contributed by atoms with Gasteiger partial charge in [-0.1, -0.05) is 33.1 Å². The summed E-state index contributed by atoms with van der Waals surface area (Å²) in [7, 11) is 0. The number of nitrogens with one attached hydrogen (secondary N) is 1. The fraction of sp³-hybridized carbons (Fsp3) is 0.611. The van der Waals surface area contributed by atoms with E-state index in [2.05, 4.69) is 45.1 Å². The fourth-order valence-electron chi connectivity index (χ4n) is 2.90. The van der Waals surface area contributed by atoms with E-state index in [0.717, 1.165) is 30.8 Å². The van der Waals surface area contributed by atoms with Gasteiger partial charge in [0.1, 0.15) is 6.04 Å². The molecular weight excluding hydrogens is 260 g/mol. The second kappa shape index (κ2) is 6.97. The Morgan fingerprint density at radius 3 is 2.48 bits per heavy atom. The number of anilines is 2. The zero-order valence-electron chi connectivity index (χ0n) is 13.8. The molecule has 1 aromatic rings. The van der Waals surface area contributed by atoms with Crippen molar-refractivity contribution in [3.8, 4) is 0 Å². The van der Waals surface area contributed by atoms with Gasteiger partial charge in [-0.2, -0.15) is 0 Å². The van der Waals surface area contributed by atoms with E-state index in [0.29, 0.717) is 0 Å². The summed E-state index contributed by atoms with van der Waals surface area (Å²) < 4.78 is 0. The molecule has 0 radical (unpaired) electrons. The smallest absolute Gasteiger partial charge is 0.249 e. The van der Waals surface area contributed by atoms with Gasteiger partial charge in [-0.15, -0.1) is 0 Å². The number of carbonyl (C=O) groups is 1. The van der Waals surface area contributed by atoms with Crippen LogP contribution in [0.1, 0.15) is 57.1 Å². The Bertz CT molecular complexity index is 510. The minimum absolute atomic E-state index is 0.0780. The van der Waals surface area contributed by atoms with Crippen LogP contribution < -0.4 is 10.2 Å². The lowest BCUT2D eigenvalue weighted by molar-refractivity contribution is -0.119. The van der Waals surface area contributed by atoms with Crippen LogP contribution in [0.4, 0.5) is 11.4 Å². The molecule has 2 rings (SSSR count). The number of hydrogen-bond acceptors (Lipinski definition) is 2. The van der Waals surface area contributed by atoms with Gasteiger partial charge in [-0.05, 0) is 49.9 Å². The molecule has 0 bridgehead atoms. The number of fused-ring (bicyclic) bond motifs is 1. The highest BCUT2D eigenvalue weighted by Gasteiger charge is 2.31. The Labute approximate surface area is 128 Å². The molecule has 0 fully saturated rings. The van der Waals surface area contributed by atoms with Crippen LogP contribution in [-0.2, 0) is 4.79 Å². The number of aryl methyl sites for hydroxylation is 2. The molecule has 1 N–H and O–H groups in total. The average Bonchev–Trinajstić information content (AvgIpc) is 2.47. The molecule has 1 aliphatic rings. The molecule has 1 amide bonds. The molecule has 0 saturated carbocycles. The van der Waals surface area contributed by atoms with E-state index in [9.17, 15) is 4.79 Å². The van der Waals surface area contributed by atoms with Crippen molar-refractivity contribution in [2.24, 2.45) is 0 Å². The number of hydrogen-bond donors (Lipinski definition) is 1. The molecule has 0 aliphatic carbocycles. The third-order valence-electron chi connectivity index (χ3n) is 4.44. The maximum Gasteiger partial charge on any atom is 0.249 e. The third kappa shape index (κ3) is 3.39. The predicted molar refractivity (Wildman–Crippen MR) is 90.1 cm³/mol. The van der Waals surface area contributed by atoms with E-state index < -0.39 is 0 Å². The lowest BCUT2D eigenvalue weighted by Crippen LogP contribution is -2.47. The van der Waals surface area contributed by atoms with Crippen LogP contribution in [0.5, 0.6) is 0 Å². The maximum absolute atomic E-state index is 12.6. The molecule has 1 unspecified atom stereocenters. The van der Waals surface area contributed by atoms with Crippen molar-refractivity contribution in [3.05, 3.63) is 23.3 Å². The quantitative estimate of drug-likeness (QED) is 0.786. The SMILES string of the molecule is CCCCCCN1C(=O)C(CC)Nc2cc(C)c(C)cc21. The predicted octanol–water partition coefficient (Wildman–Crippen LogP) is 4.42. The summed E-state index contributed by atoms with van der Waals surface area (Å²) in [4.78, 5) is 14.6. The standard InChI is InChI=1S/C18H28N2O/c1-5-7-8-9-10-20-17-12-14(4)13(3)11-16(17)19-15(6-2)18(20)21/h11-12,15,19H,5-10H2,1-4H3. The summed E-state index contributed by atoms with van der Waals surface area (Å²) >= 11 is 0. The Morgan fingerprint density at radius 1 is 1.10 bits per heavy atom. The van der Waals surface area contributed by atoms with E-state index in [4.69, 9.17) is 0 Å². The fourth-order valence-corrected chi connectivity index (χ4v) is 2.90. The molecule has 3 nitrogen and oxygen atoms in total. The van der Waals surface area contributed by atoms with Crippen LogP contribution >= 0.6 is 0 Å². The Balaban J connectivity index is 2.25. The lowest BCUT2D eigenvalue weighted by Gasteiger charge is -2.35. The number of rotatable bonds is 6. The number of amides is 1. The zero-order valence-corrected chi connectivity index (χ0v) is 13.8. The Hall–Kier alpha value is -1.51. The van der Waals surface area contributed by atoms with Gasteiger partial charge in [0.05, 0.1) is 11.4 Å². The normalized spacial score (nSPS) is 17.6. The second-order valence-corrected chi connectivity index (χ2v) is 6.11. The number of unbranched alkanes of at least 4 members (excludes halogenated alkanes) is 3. The number of benzene rings is 1. The van der Waals surface area contributed by atoms with Gasteiger partial charge in [0.2, 0.25) is 5.91 Å². The van der Waals surface area contributed by atoms with Crippen LogP contribution in [-0.4, -0.2) is 18.5 Å². The molecule has 1 aromatic carbocycles. The van der Waals surface area contributed by atoms with Crippen LogP contribution in [0.2, 0.25) is 0 Å². The highest BCUT2D eigenvalue weighted by molar-refractivity contribution is 6.05. The summed E-state index contributed by atoms with van der Waals surface area (Å²) in [5.74, 6) is 0.227. The molecule has 116 valence electrons. The van der Waals surface area contributed by atoms with E-state index in [1.165, 1.54) is 30.4 Å². The highest BCUT2D eigenvalue weighted by Crippen LogP contribution is 2.34. The van der Waals surface area contributed by atoms with Gasteiger partial charge >= 0.3 is 0 Å². The minimum Gasteiger partial charge on any atom is -0.372 e. The molecule has 3 heteroatoms. The van der Waals surface area contributed by atoms with Crippen molar-refractivity contribution in [1.82, 2.24) is 0 Å². The van der Waals surface area contributed by atoms with E-state index >= 15 is 0 Å². The van der Waals surface area contributed by atoms with Crippen molar-refractivity contribution < 1.29 is 4.79 Å². The summed E-state index contributed by atoms with van der Waals surface area (Å²) in [6.45, 7) is 9.36. The molecule has 21 heavy (non-hydrogen) atoms. The highest BCUT2D eigenvalue weighted by atomic mass is 16.2. The molecular formula is C18H28N2O. The Kier molecular flexibility index (Phi) is 5.27. The number of carbonyl (C=O) groups excluding carboxylic acids is 1. The lowest BCUT2D eigenvalue weighted by atomic mass is 10.0. The number of nitrogens with zero attached hydrogens (tertiary/aromatic N) is 1. The molecule has 1 atom stereocenters. The summed E-state index contributed by atoms with van der Waals surface area (Å²) in [5, 5.41) is 3.40. The summed E-state index contributed by atoms with van der Waals surface area (Å²) in [6, 6.07) is 4.26. The van der Waals surface area contributed by atoms with Crippen LogP contribution in [0.25, 0.3) is 0 Å². The molecule has 0 saturated heterocycles. The topological polar surface area (TPSA) is 32.3 Å². The van der Waals surface area contributed by atoms with Crippen LogP contribution in [0, 0.1) is 13.8 Å². The maximum atomic E-state index is 12.6. The first-order valence-corrected chi connectivity index (χ1v) is 8.27. The van der Waals surface area contributed by atoms with E-state index in [1.54, 1.807) is 0 Å². The molecule has 1 heterocycles. The van der Waals surface area contributed by atoms with Gasteiger partial charge in [0.25, 0.3) is 0 Å². The van der Waals surface area contributed by atoms with E-state index in [-0.39, 0.29) is 11.9 Å². The van der Waals surface area contributed by atoms with E-state index in [1.807, 2.05) is 4.90 Å². The molecule has 1 aliphatic heterocycles. The second-order valence-electron chi connectivity index (χ2n) is 6.11. The van der Waals surface area contributed by atoms with Crippen molar-refractivity contribution in [2.45, 2.75) is 65.8 Å². The van der Waals surface area contributed by atoms with Crippen LogP contribution in [0.15, 0.2) is 12.1 Å².